The highest BCUT2D eigenvalue weighted by atomic mass is 16.5. The molecule has 0 saturated heterocycles. The molecule has 0 spiro atoms. The SMILES string of the molecule is CC/C=C\C(=NC)/C(C#N)=C\OCC. The largest absolute Gasteiger partial charge is 0.500 e. The number of hydrogen-bond donors (Lipinski definition) is 0. The lowest BCUT2D eigenvalue weighted by atomic mass is 10.2. The summed E-state index contributed by atoms with van der Waals surface area (Å²) >= 11 is 0. The van der Waals surface area contributed by atoms with Gasteiger partial charge in [-0.15, -0.1) is 0 Å². The molecule has 0 aliphatic carbocycles. The first-order valence-electron chi connectivity index (χ1n) is 4.65. The maximum Gasteiger partial charge on any atom is 0.112 e. The van der Waals surface area contributed by atoms with Gasteiger partial charge in [0.1, 0.15) is 17.9 Å². The molecule has 0 unspecified atom stereocenters. The summed E-state index contributed by atoms with van der Waals surface area (Å²) in [6, 6.07) is 2.05. The molecule has 0 rings (SSSR count). The van der Waals surface area contributed by atoms with E-state index in [1.54, 1.807) is 7.05 Å². The first kappa shape index (κ1) is 12.4. The van der Waals surface area contributed by atoms with Crippen LogP contribution in [0.15, 0.2) is 29.0 Å². The van der Waals surface area contributed by atoms with Crippen LogP contribution >= 0.6 is 0 Å². The Morgan fingerprint density at radius 2 is 2.21 bits per heavy atom. The third-order valence-electron chi connectivity index (χ3n) is 1.52. The van der Waals surface area contributed by atoms with Gasteiger partial charge in [-0.3, -0.25) is 4.99 Å². The summed E-state index contributed by atoms with van der Waals surface area (Å²) in [5, 5.41) is 8.84. The van der Waals surface area contributed by atoms with E-state index in [2.05, 4.69) is 11.1 Å². The van der Waals surface area contributed by atoms with Crippen molar-refractivity contribution in [2.75, 3.05) is 13.7 Å². The summed E-state index contributed by atoms with van der Waals surface area (Å²) in [7, 11) is 1.66. The summed E-state index contributed by atoms with van der Waals surface area (Å²) in [4.78, 5) is 4.01. The molecule has 0 aliphatic rings. The summed E-state index contributed by atoms with van der Waals surface area (Å²) in [6.45, 7) is 4.46. The number of nitriles is 1. The monoisotopic (exact) mass is 192 g/mol. The van der Waals surface area contributed by atoms with E-state index in [1.165, 1.54) is 6.26 Å². The van der Waals surface area contributed by atoms with E-state index in [0.717, 1.165) is 6.42 Å². The molecule has 0 amide bonds. The number of ether oxygens (including phenoxy) is 1. The minimum atomic E-state index is 0.457. The van der Waals surface area contributed by atoms with Crippen LogP contribution in [0.1, 0.15) is 20.3 Å². The predicted octanol–water partition coefficient (Wildman–Crippen LogP) is 2.47. The zero-order valence-corrected chi connectivity index (χ0v) is 8.95. The molecule has 0 bridgehead atoms. The Morgan fingerprint density at radius 3 is 2.64 bits per heavy atom. The second-order valence-electron chi connectivity index (χ2n) is 2.52. The minimum Gasteiger partial charge on any atom is -0.500 e. The van der Waals surface area contributed by atoms with Crippen LogP contribution < -0.4 is 0 Å². The van der Waals surface area contributed by atoms with E-state index >= 15 is 0 Å². The topological polar surface area (TPSA) is 45.4 Å². The van der Waals surface area contributed by atoms with Crippen LogP contribution in [-0.2, 0) is 4.74 Å². The van der Waals surface area contributed by atoms with Crippen LogP contribution in [0.3, 0.4) is 0 Å². The highest BCUT2D eigenvalue weighted by Crippen LogP contribution is 2.00. The Bertz CT molecular complexity index is 282. The quantitative estimate of drug-likeness (QED) is 0.381. The molecular formula is C11H16N2O. The Hall–Kier alpha value is -1.56. The van der Waals surface area contributed by atoms with Crippen molar-refractivity contribution in [3.8, 4) is 6.07 Å². The van der Waals surface area contributed by atoms with Gasteiger partial charge in [-0.1, -0.05) is 13.0 Å². The highest BCUT2D eigenvalue weighted by molar-refractivity contribution is 6.10. The molecule has 0 aliphatic heterocycles. The van der Waals surface area contributed by atoms with Crippen LogP contribution in [0, 0.1) is 11.3 Å². The molecule has 0 aromatic carbocycles. The Morgan fingerprint density at radius 1 is 1.50 bits per heavy atom. The molecule has 76 valence electrons. The molecular weight excluding hydrogens is 176 g/mol. The first-order chi connectivity index (χ1) is 6.79. The number of nitrogens with zero attached hydrogens (tertiary/aromatic N) is 2. The Labute approximate surface area is 85.4 Å². The van der Waals surface area contributed by atoms with E-state index in [9.17, 15) is 0 Å². The molecule has 0 saturated carbocycles. The van der Waals surface area contributed by atoms with Gasteiger partial charge in [0.15, 0.2) is 0 Å². The fourth-order valence-corrected chi connectivity index (χ4v) is 0.825. The van der Waals surface area contributed by atoms with Crippen molar-refractivity contribution in [2.45, 2.75) is 20.3 Å². The van der Waals surface area contributed by atoms with Crippen LogP contribution in [0.2, 0.25) is 0 Å². The van der Waals surface area contributed by atoms with Gasteiger partial charge in [0, 0.05) is 7.05 Å². The van der Waals surface area contributed by atoms with Crippen LogP contribution in [-0.4, -0.2) is 19.4 Å². The second-order valence-corrected chi connectivity index (χ2v) is 2.52. The zero-order chi connectivity index (χ0) is 10.8. The van der Waals surface area contributed by atoms with Crippen LogP contribution in [0.4, 0.5) is 0 Å². The lowest BCUT2D eigenvalue weighted by Gasteiger charge is -1.98. The molecule has 0 radical (unpaired) electrons. The van der Waals surface area contributed by atoms with Gasteiger partial charge in [0.05, 0.1) is 12.3 Å². The molecule has 0 aromatic heterocycles. The van der Waals surface area contributed by atoms with Crippen molar-refractivity contribution in [1.29, 1.82) is 5.26 Å². The molecule has 0 N–H and O–H groups in total. The van der Waals surface area contributed by atoms with Crippen molar-refractivity contribution < 1.29 is 4.74 Å². The van der Waals surface area contributed by atoms with E-state index in [4.69, 9.17) is 10.00 Å². The van der Waals surface area contributed by atoms with E-state index in [0.29, 0.717) is 17.9 Å². The van der Waals surface area contributed by atoms with Gasteiger partial charge < -0.3 is 4.74 Å². The van der Waals surface area contributed by atoms with Gasteiger partial charge in [-0.25, -0.2) is 0 Å². The highest BCUT2D eigenvalue weighted by Gasteiger charge is 2.01. The standard InChI is InChI=1S/C11H16N2O/c1-4-6-7-11(13-3)10(8-12)9-14-5-2/h6-7,9H,4-5H2,1-3H3/b7-6-,10-9-,13-11?. The van der Waals surface area contributed by atoms with Crippen molar-refractivity contribution >= 4 is 5.71 Å². The van der Waals surface area contributed by atoms with Crippen LogP contribution in [0.25, 0.3) is 0 Å². The number of allylic oxidation sites excluding steroid dienone is 3. The third-order valence-corrected chi connectivity index (χ3v) is 1.52. The smallest absolute Gasteiger partial charge is 0.112 e. The Kier molecular flexibility index (Phi) is 7.16. The molecule has 3 nitrogen and oxygen atoms in total. The van der Waals surface area contributed by atoms with Crippen LogP contribution in [0.5, 0.6) is 0 Å². The first-order valence-corrected chi connectivity index (χ1v) is 4.65. The normalized spacial score (nSPS) is 13.0. The van der Waals surface area contributed by atoms with Crippen molar-refractivity contribution in [1.82, 2.24) is 0 Å². The predicted molar refractivity (Wildman–Crippen MR) is 58.1 cm³/mol. The fraction of sp³-hybridized carbons (Fsp3) is 0.455. The number of aliphatic imine (C=N–C) groups is 1. The van der Waals surface area contributed by atoms with E-state index in [-0.39, 0.29) is 0 Å². The van der Waals surface area contributed by atoms with Gasteiger partial charge in [0.2, 0.25) is 0 Å². The van der Waals surface area contributed by atoms with Gasteiger partial charge in [-0.05, 0) is 19.4 Å². The third kappa shape index (κ3) is 4.46. The van der Waals surface area contributed by atoms with Crippen molar-refractivity contribution in [2.24, 2.45) is 4.99 Å². The van der Waals surface area contributed by atoms with Gasteiger partial charge in [-0.2, -0.15) is 5.26 Å². The molecule has 3 heteroatoms. The fourth-order valence-electron chi connectivity index (χ4n) is 0.825. The Balaban J connectivity index is 4.66. The average molecular weight is 192 g/mol. The molecule has 0 aromatic rings. The maximum atomic E-state index is 8.84. The zero-order valence-electron chi connectivity index (χ0n) is 8.95. The molecule has 0 heterocycles. The lowest BCUT2D eigenvalue weighted by molar-refractivity contribution is 0.268. The average Bonchev–Trinajstić information content (AvgIpc) is 2.23. The summed E-state index contributed by atoms with van der Waals surface area (Å²) in [6.07, 6.45) is 6.15. The second kappa shape index (κ2) is 8.06. The van der Waals surface area contributed by atoms with Crippen molar-refractivity contribution in [3.05, 3.63) is 24.0 Å². The van der Waals surface area contributed by atoms with Crippen molar-refractivity contribution in [3.63, 3.8) is 0 Å². The van der Waals surface area contributed by atoms with Gasteiger partial charge in [0.25, 0.3) is 0 Å². The van der Waals surface area contributed by atoms with E-state index < -0.39 is 0 Å². The molecule has 0 fully saturated rings. The number of hydrogen-bond acceptors (Lipinski definition) is 3. The summed E-state index contributed by atoms with van der Waals surface area (Å²) in [5.41, 5.74) is 1.11. The molecule has 14 heavy (non-hydrogen) atoms. The van der Waals surface area contributed by atoms with Gasteiger partial charge >= 0.3 is 0 Å². The summed E-state index contributed by atoms with van der Waals surface area (Å²) < 4.78 is 5.05. The maximum absolute atomic E-state index is 8.84. The number of rotatable bonds is 5. The summed E-state index contributed by atoms with van der Waals surface area (Å²) in [5.74, 6) is 0. The molecule has 0 atom stereocenters. The minimum absolute atomic E-state index is 0.457. The van der Waals surface area contributed by atoms with E-state index in [1.807, 2.05) is 26.0 Å². The lowest BCUT2D eigenvalue weighted by Crippen LogP contribution is -1.98.